The summed E-state index contributed by atoms with van der Waals surface area (Å²) in [5, 5.41) is 17.8. The first-order valence-electron chi connectivity index (χ1n) is 15.0. The van der Waals surface area contributed by atoms with Crippen LogP contribution in [0.5, 0.6) is 0 Å². The van der Waals surface area contributed by atoms with E-state index in [1.807, 2.05) is 12.1 Å². The van der Waals surface area contributed by atoms with Gasteiger partial charge >= 0.3 is 6.03 Å². The summed E-state index contributed by atoms with van der Waals surface area (Å²) in [7, 11) is -4.43. The van der Waals surface area contributed by atoms with Crippen LogP contribution >= 0.6 is 23.2 Å². The number of urea groups is 1. The zero-order chi connectivity index (χ0) is 35.1. The van der Waals surface area contributed by atoms with Crippen molar-refractivity contribution in [2.24, 2.45) is 0 Å². The van der Waals surface area contributed by atoms with Gasteiger partial charge in [0.15, 0.2) is 4.90 Å². The summed E-state index contributed by atoms with van der Waals surface area (Å²) in [5.74, 6) is -0.986. The van der Waals surface area contributed by atoms with E-state index >= 15 is 0 Å². The number of nitro groups is 1. The second-order valence-electron chi connectivity index (χ2n) is 11.0. The number of carbonyl (C=O) groups excluding carboxylic acids is 2. The molecule has 0 radical (unpaired) electrons. The van der Waals surface area contributed by atoms with Gasteiger partial charge in [0.2, 0.25) is 15.9 Å². The van der Waals surface area contributed by atoms with E-state index in [4.69, 9.17) is 23.2 Å². The topological polar surface area (TPSA) is 145 Å². The lowest BCUT2D eigenvalue weighted by atomic mass is 10.2. The molecule has 0 aromatic heterocycles. The number of nitro benzene ring substituents is 1. The number of amides is 3. The molecular formula is C33H31Cl2FN6O6S. The molecule has 12 nitrogen and oxygen atoms in total. The Bertz CT molecular complexity index is 1920. The number of para-hydroxylation sites is 2. The van der Waals surface area contributed by atoms with Crippen molar-refractivity contribution >= 4 is 67.9 Å². The van der Waals surface area contributed by atoms with Gasteiger partial charge in [0, 0.05) is 63.1 Å². The Kier molecular flexibility index (Phi) is 11.3. The van der Waals surface area contributed by atoms with Crippen molar-refractivity contribution < 1.29 is 27.3 Å². The Morgan fingerprint density at radius 1 is 0.857 bits per heavy atom. The third-order valence-electron chi connectivity index (χ3n) is 7.82. The van der Waals surface area contributed by atoms with Crippen LogP contribution in [0.4, 0.5) is 31.9 Å². The van der Waals surface area contributed by atoms with Gasteiger partial charge in [-0.1, -0.05) is 53.5 Å². The fraction of sp³-hybridized carbons (Fsp3) is 0.212. The van der Waals surface area contributed by atoms with Gasteiger partial charge in [-0.15, -0.1) is 0 Å². The van der Waals surface area contributed by atoms with Gasteiger partial charge in [-0.25, -0.2) is 17.6 Å². The third-order valence-corrected chi connectivity index (χ3v) is 10.3. The van der Waals surface area contributed by atoms with Gasteiger partial charge in [-0.3, -0.25) is 14.9 Å². The molecule has 49 heavy (non-hydrogen) atoms. The largest absolute Gasteiger partial charge is 0.368 e. The van der Waals surface area contributed by atoms with Crippen molar-refractivity contribution in [3.8, 4) is 0 Å². The van der Waals surface area contributed by atoms with Gasteiger partial charge in [0.25, 0.3) is 5.69 Å². The predicted molar refractivity (Wildman–Crippen MR) is 186 cm³/mol. The van der Waals surface area contributed by atoms with E-state index in [-0.39, 0.29) is 25.5 Å². The third kappa shape index (κ3) is 8.83. The molecule has 256 valence electrons. The van der Waals surface area contributed by atoms with Crippen LogP contribution in [0.15, 0.2) is 95.9 Å². The van der Waals surface area contributed by atoms with Gasteiger partial charge in [-0.2, -0.15) is 4.31 Å². The number of nitrogens with zero attached hydrogens (tertiary/aromatic N) is 4. The Labute approximate surface area is 292 Å². The molecule has 1 aliphatic heterocycles. The molecule has 4 aromatic carbocycles. The highest BCUT2D eigenvalue weighted by atomic mass is 35.5. The predicted octanol–water partition coefficient (Wildman–Crippen LogP) is 6.61. The first-order chi connectivity index (χ1) is 23.4. The number of rotatable bonds is 11. The molecule has 0 atom stereocenters. The van der Waals surface area contributed by atoms with Crippen molar-refractivity contribution in [3.05, 3.63) is 123 Å². The van der Waals surface area contributed by atoms with Crippen molar-refractivity contribution in [1.29, 1.82) is 0 Å². The zero-order valence-electron chi connectivity index (χ0n) is 25.9. The maximum atomic E-state index is 13.6. The number of halogens is 3. The summed E-state index contributed by atoms with van der Waals surface area (Å²) in [6.45, 7) is 1.50. The summed E-state index contributed by atoms with van der Waals surface area (Å²) in [6, 6.07) is 21.9. The summed E-state index contributed by atoms with van der Waals surface area (Å²) in [6.07, 6.45) is -0.258. The van der Waals surface area contributed by atoms with Gasteiger partial charge < -0.3 is 20.4 Å². The van der Waals surface area contributed by atoms with E-state index in [1.165, 1.54) is 36.4 Å². The van der Waals surface area contributed by atoms with Crippen LogP contribution in [-0.2, 0) is 21.4 Å². The molecule has 0 bridgehead atoms. The smallest absolute Gasteiger partial charge is 0.322 e. The minimum atomic E-state index is -4.43. The molecule has 4 aromatic rings. The monoisotopic (exact) mass is 728 g/mol. The second kappa shape index (κ2) is 15.6. The molecule has 1 fully saturated rings. The quantitative estimate of drug-likeness (QED) is 0.131. The fourth-order valence-corrected chi connectivity index (χ4v) is 7.30. The maximum absolute atomic E-state index is 13.6. The van der Waals surface area contributed by atoms with Crippen LogP contribution in [0.3, 0.4) is 0 Å². The van der Waals surface area contributed by atoms with Crippen LogP contribution < -0.4 is 15.5 Å². The average Bonchev–Trinajstić information content (AvgIpc) is 3.09. The maximum Gasteiger partial charge on any atom is 0.322 e. The highest BCUT2D eigenvalue weighted by molar-refractivity contribution is 7.89. The summed E-state index contributed by atoms with van der Waals surface area (Å²) < 4.78 is 41.7. The minimum Gasteiger partial charge on any atom is -0.368 e. The molecule has 3 amide bonds. The highest BCUT2D eigenvalue weighted by Crippen LogP contribution is 2.31. The number of sulfonamides is 1. The van der Waals surface area contributed by atoms with Crippen LogP contribution in [0.1, 0.15) is 12.0 Å². The number of hydrogen-bond acceptors (Lipinski definition) is 7. The lowest BCUT2D eigenvalue weighted by molar-refractivity contribution is -0.387. The SMILES string of the molecule is O=C(CCN(Cc1ccc(F)cc1)S(=O)(=O)c1ccccc1[N+](=O)[O-])Nc1ccc(N2CCN(C(=O)Nc3c(Cl)cccc3Cl)CC2)cc1. The van der Waals surface area contributed by atoms with E-state index in [0.29, 0.717) is 53.2 Å². The number of carbonyl (C=O) groups is 2. The Morgan fingerprint density at radius 2 is 1.49 bits per heavy atom. The van der Waals surface area contributed by atoms with Crippen LogP contribution in [-0.4, -0.2) is 67.2 Å². The summed E-state index contributed by atoms with van der Waals surface area (Å²) in [5.41, 5.74) is 1.57. The summed E-state index contributed by atoms with van der Waals surface area (Å²) in [4.78, 5) is 39.8. The molecule has 1 saturated heterocycles. The Balaban J connectivity index is 1.18. The molecule has 5 rings (SSSR count). The van der Waals surface area contributed by atoms with Crippen LogP contribution in [0, 0.1) is 15.9 Å². The number of anilines is 3. The average molecular weight is 730 g/mol. The second-order valence-corrected chi connectivity index (χ2v) is 13.8. The highest BCUT2D eigenvalue weighted by Gasteiger charge is 2.32. The molecular weight excluding hydrogens is 698 g/mol. The van der Waals surface area contributed by atoms with Crippen LogP contribution in [0.25, 0.3) is 0 Å². The van der Waals surface area contributed by atoms with Crippen molar-refractivity contribution in [2.45, 2.75) is 17.9 Å². The molecule has 2 N–H and O–H groups in total. The first-order valence-corrected chi connectivity index (χ1v) is 17.2. The number of hydrogen-bond donors (Lipinski definition) is 2. The lowest BCUT2D eigenvalue weighted by Gasteiger charge is -2.36. The fourth-order valence-electron chi connectivity index (χ4n) is 5.22. The molecule has 0 saturated carbocycles. The Morgan fingerprint density at radius 3 is 2.12 bits per heavy atom. The normalized spacial score (nSPS) is 13.3. The minimum absolute atomic E-state index is 0.237. The van der Waals surface area contributed by atoms with Gasteiger partial charge in [-0.05, 0) is 60.2 Å². The van der Waals surface area contributed by atoms with Crippen LogP contribution in [0.2, 0.25) is 10.0 Å². The molecule has 0 unspecified atom stereocenters. The number of nitrogens with one attached hydrogen (secondary N) is 2. The van der Waals surface area contributed by atoms with E-state index in [2.05, 4.69) is 15.5 Å². The van der Waals surface area contributed by atoms with Crippen molar-refractivity contribution in [1.82, 2.24) is 9.21 Å². The molecule has 0 spiro atoms. The van der Waals surface area contributed by atoms with E-state index < -0.39 is 37.3 Å². The van der Waals surface area contributed by atoms with Crippen molar-refractivity contribution in [3.63, 3.8) is 0 Å². The van der Waals surface area contributed by atoms with Gasteiger partial charge in [0.05, 0.1) is 20.7 Å². The lowest BCUT2D eigenvalue weighted by Crippen LogP contribution is -2.50. The standard InChI is InChI=1S/C33H31Cl2FN6O6S/c34-27-4-3-5-28(35)32(27)38-33(44)40-20-18-39(19-21-40)26-14-12-25(13-15-26)37-31(43)16-17-41(22-23-8-10-24(36)11-9-23)49(47,48)30-7-2-1-6-29(30)42(45)46/h1-15H,16-22H2,(H,37,43)(H,38,44). The zero-order valence-corrected chi connectivity index (χ0v) is 28.2. The number of piperazine rings is 1. The van der Waals surface area contributed by atoms with E-state index in [0.717, 1.165) is 22.1 Å². The summed E-state index contributed by atoms with van der Waals surface area (Å²) >= 11 is 12.3. The van der Waals surface area contributed by atoms with Crippen molar-refractivity contribution in [2.75, 3.05) is 48.3 Å². The first kappa shape index (κ1) is 35.5. The van der Waals surface area contributed by atoms with Gasteiger partial charge in [0.1, 0.15) is 5.82 Å². The van der Waals surface area contributed by atoms with E-state index in [9.17, 15) is 32.5 Å². The molecule has 0 aliphatic carbocycles. The molecule has 1 aliphatic rings. The molecule has 1 heterocycles. The molecule has 16 heteroatoms. The number of benzene rings is 4. The van der Waals surface area contributed by atoms with E-state index in [1.54, 1.807) is 35.2 Å². The Hall–Kier alpha value is -4.76.